The molecule has 0 saturated carbocycles. The van der Waals surface area contributed by atoms with Crippen molar-refractivity contribution in [3.63, 3.8) is 0 Å². The van der Waals surface area contributed by atoms with Gasteiger partial charge in [-0.25, -0.2) is 0 Å². The Labute approximate surface area is 130 Å². The molecule has 0 aromatic carbocycles. The summed E-state index contributed by atoms with van der Waals surface area (Å²) in [5, 5.41) is 26.0. The van der Waals surface area contributed by atoms with Crippen LogP contribution in [0.4, 0.5) is 0 Å². The van der Waals surface area contributed by atoms with Crippen LogP contribution in [0.1, 0.15) is 39.0 Å². The lowest BCUT2D eigenvalue weighted by atomic mass is 10.5. The first-order valence-electron chi connectivity index (χ1n) is 7.52. The van der Waals surface area contributed by atoms with Gasteiger partial charge in [0.25, 0.3) is 0 Å². The largest absolute Gasteiger partial charge is 0.324 e. The second-order valence-electron chi connectivity index (χ2n) is 5.15. The highest BCUT2D eigenvalue weighted by Gasteiger charge is 2.20. The second-order valence-corrected chi connectivity index (χ2v) is 11.3. The van der Waals surface area contributed by atoms with E-state index in [-0.39, 0.29) is 7.92 Å². The van der Waals surface area contributed by atoms with Crippen molar-refractivity contribution in [2.75, 3.05) is 37.0 Å². The average molecular weight is 325 g/mol. The SMILES string of the molecule is CCCP(=O)(CCC#N)CCCP(CCC#N)CCC#N. The van der Waals surface area contributed by atoms with Crippen LogP contribution in [-0.4, -0.2) is 37.0 Å². The molecule has 0 rings (SSSR count). The number of nitriles is 3. The van der Waals surface area contributed by atoms with Crippen LogP contribution in [0, 0.1) is 34.0 Å². The number of hydrogen-bond acceptors (Lipinski definition) is 4. The first-order chi connectivity index (χ1) is 10.1. The maximum absolute atomic E-state index is 12.7. The fraction of sp³-hybridized carbons (Fsp3) is 0.800. The summed E-state index contributed by atoms with van der Waals surface area (Å²) >= 11 is 0. The predicted molar refractivity (Wildman–Crippen MR) is 89.3 cm³/mol. The topological polar surface area (TPSA) is 88.4 Å². The van der Waals surface area contributed by atoms with Crippen molar-refractivity contribution < 1.29 is 4.57 Å². The summed E-state index contributed by atoms with van der Waals surface area (Å²) in [6, 6.07) is 6.44. The van der Waals surface area contributed by atoms with Crippen molar-refractivity contribution in [1.29, 1.82) is 15.8 Å². The Balaban J connectivity index is 4.30. The summed E-state index contributed by atoms with van der Waals surface area (Å²) in [6.07, 6.45) is 8.10. The molecule has 0 aromatic heterocycles. The summed E-state index contributed by atoms with van der Waals surface area (Å²) in [5.74, 6) is 0. The molecule has 0 bridgehead atoms. The van der Waals surface area contributed by atoms with E-state index >= 15 is 0 Å². The molecule has 21 heavy (non-hydrogen) atoms. The van der Waals surface area contributed by atoms with Crippen LogP contribution in [-0.2, 0) is 4.57 Å². The third-order valence-corrected chi connectivity index (χ3v) is 9.47. The quantitative estimate of drug-likeness (QED) is 0.498. The molecule has 0 amide bonds. The summed E-state index contributed by atoms with van der Waals surface area (Å²) in [4.78, 5) is 0. The van der Waals surface area contributed by atoms with Crippen LogP contribution in [0.3, 0.4) is 0 Å². The number of rotatable bonds is 12. The Morgan fingerprint density at radius 3 is 1.90 bits per heavy atom. The van der Waals surface area contributed by atoms with Crippen molar-refractivity contribution in [3.05, 3.63) is 0 Å². The van der Waals surface area contributed by atoms with Crippen molar-refractivity contribution in [2.45, 2.75) is 39.0 Å². The molecule has 0 aliphatic carbocycles. The maximum Gasteiger partial charge on any atom is 0.0887 e. The summed E-state index contributed by atoms with van der Waals surface area (Å²) in [6.45, 7) is 2.03. The summed E-state index contributed by atoms with van der Waals surface area (Å²) in [7, 11) is -2.46. The van der Waals surface area contributed by atoms with Gasteiger partial charge in [-0.1, -0.05) is 6.92 Å². The lowest BCUT2D eigenvalue weighted by molar-refractivity contribution is 0.572. The van der Waals surface area contributed by atoms with Gasteiger partial charge in [-0.15, -0.1) is 7.92 Å². The van der Waals surface area contributed by atoms with Gasteiger partial charge in [0.05, 0.1) is 25.3 Å². The smallest absolute Gasteiger partial charge is 0.0887 e. The molecular formula is C15H25N3OP2. The van der Waals surface area contributed by atoms with Gasteiger partial charge in [-0.3, -0.25) is 0 Å². The number of hydrogen-bond donors (Lipinski definition) is 0. The fourth-order valence-corrected chi connectivity index (χ4v) is 7.42. The van der Waals surface area contributed by atoms with Gasteiger partial charge < -0.3 is 4.57 Å². The van der Waals surface area contributed by atoms with E-state index in [1.165, 1.54) is 0 Å². The molecule has 0 fully saturated rings. The predicted octanol–water partition coefficient (Wildman–Crippen LogP) is 4.37. The maximum atomic E-state index is 12.7. The molecule has 6 heteroatoms. The van der Waals surface area contributed by atoms with E-state index in [4.69, 9.17) is 15.8 Å². The minimum atomic E-state index is -2.19. The Hall–Kier alpha value is -0.870. The van der Waals surface area contributed by atoms with Crippen LogP contribution in [0.5, 0.6) is 0 Å². The molecule has 1 atom stereocenters. The zero-order valence-corrected chi connectivity index (χ0v) is 14.7. The van der Waals surface area contributed by atoms with Crippen molar-refractivity contribution >= 4 is 15.1 Å². The first kappa shape index (κ1) is 20.1. The fourth-order valence-electron chi connectivity index (χ4n) is 2.33. The van der Waals surface area contributed by atoms with E-state index in [1.807, 2.05) is 6.92 Å². The first-order valence-corrected chi connectivity index (χ1v) is 11.7. The molecular weight excluding hydrogens is 300 g/mol. The zero-order chi connectivity index (χ0) is 16.0. The molecule has 0 spiro atoms. The highest BCUT2D eigenvalue weighted by Crippen LogP contribution is 2.48. The molecule has 0 N–H and O–H groups in total. The molecule has 0 aromatic rings. The van der Waals surface area contributed by atoms with Crippen molar-refractivity contribution in [3.8, 4) is 18.2 Å². The van der Waals surface area contributed by atoms with Gasteiger partial charge in [0.1, 0.15) is 0 Å². The van der Waals surface area contributed by atoms with Gasteiger partial charge >= 0.3 is 0 Å². The third-order valence-electron chi connectivity index (χ3n) is 3.38. The van der Waals surface area contributed by atoms with E-state index in [1.54, 1.807) is 0 Å². The number of nitrogens with zero attached hydrogens (tertiary/aromatic N) is 3. The molecule has 0 heterocycles. The van der Waals surface area contributed by atoms with Crippen LogP contribution in [0.15, 0.2) is 0 Å². The van der Waals surface area contributed by atoms with E-state index < -0.39 is 7.14 Å². The molecule has 0 aliphatic heterocycles. The van der Waals surface area contributed by atoms with Crippen molar-refractivity contribution in [1.82, 2.24) is 0 Å². The van der Waals surface area contributed by atoms with E-state index in [9.17, 15) is 4.57 Å². The van der Waals surface area contributed by atoms with Crippen molar-refractivity contribution in [2.24, 2.45) is 0 Å². The minimum Gasteiger partial charge on any atom is -0.324 e. The van der Waals surface area contributed by atoms with Gasteiger partial charge in [0.2, 0.25) is 0 Å². The summed E-state index contributed by atoms with van der Waals surface area (Å²) in [5.41, 5.74) is 0. The minimum absolute atomic E-state index is 0.279. The Bertz CT molecular complexity index is 427. The highest BCUT2D eigenvalue weighted by atomic mass is 31.2. The molecule has 0 radical (unpaired) electrons. The highest BCUT2D eigenvalue weighted by molar-refractivity contribution is 7.64. The summed E-state index contributed by atoms with van der Waals surface area (Å²) < 4.78 is 12.7. The molecule has 1 unspecified atom stereocenters. The zero-order valence-electron chi connectivity index (χ0n) is 12.9. The standard InChI is InChI=1S/C15H25N3OP2/c1-2-13-21(19,14-5-9-18)15-6-12-20(10-3-7-16)11-4-8-17/h2-6,10-15H2,1H3. The van der Waals surface area contributed by atoms with Gasteiger partial charge in [0, 0.05) is 37.7 Å². The normalized spacial score (nSPS) is 13.1. The van der Waals surface area contributed by atoms with Crippen LogP contribution < -0.4 is 0 Å². The molecule has 4 nitrogen and oxygen atoms in total. The third kappa shape index (κ3) is 10.5. The Morgan fingerprint density at radius 1 is 0.857 bits per heavy atom. The molecule has 0 aliphatic rings. The second kappa shape index (κ2) is 12.8. The van der Waals surface area contributed by atoms with E-state index in [0.717, 1.165) is 43.7 Å². The van der Waals surface area contributed by atoms with Gasteiger partial charge in [-0.2, -0.15) is 15.8 Å². The Morgan fingerprint density at radius 2 is 1.43 bits per heavy atom. The monoisotopic (exact) mass is 325 g/mol. The average Bonchev–Trinajstić information content (AvgIpc) is 2.47. The van der Waals surface area contributed by atoms with E-state index in [2.05, 4.69) is 18.2 Å². The molecule has 0 saturated heterocycles. The van der Waals surface area contributed by atoms with Crippen LogP contribution in [0.25, 0.3) is 0 Å². The van der Waals surface area contributed by atoms with Gasteiger partial charge in [-0.05, 0) is 31.3 Å². The molecule has 116 valence electrons. The Kier molecular flexibility index (Phi) is 12.3. The lowest BCUT2D eigenvalue weighted by Gasteiger charge is -2.19. The van der Waals surface area contributed by atoms with E-state index in [0.29, 0.717) is 25.4 Å². The van der Waals surface area contributed by atoms with Crippen LogP contribution >= 0.6 is 15.1 Å². The van der Waals surface area contributed by atoms with Crippen LogP contribution in [0.2, 0.25) is 0 Å². The lowest BCUT2D eigenvalue weighted by Crippen LogP contribution is -2.03. The van der Waals surface area contributed by atoms with Gasteiger partial charge in [0.15, 0.2) is 0 Å².